The van der Waals surface area contributed by atoms with E-state index in [2.05, 4.69) is 10.9 Å². The Morgan fingerprint density at radius 1 is 1.13 bits per heavy atom. The molecule has 1 aliphatic heterocycles. The van der Waals surface area contributed by atoms with Crippen molar-refractivity contribution in [2.45, 2.75) is 18.4 Å². The third kappa shape index (κ3) is 1.60. The molecule has 1 heterocycles. The Balaban J connectivity index is 2.30. The molecule has 0 bridgehead atoms. The summed E-state index contributed by atoms with van der Waals surface area (Å²) in [5, 5.41) is 0. The van der Waals surface area contributed by atoms with Gasteiger partial charge in [-0.3, -0.25) is 0 Å². The Morgan fingerprint density at radius 3 is 2.00 bits per heavy atom. The first-order valence-electron chi connectivity index (χ1n) is 4.40. The summed E-state index contributed by atoms with van der Waals surface area (Å²) < 4.78 is 37.8. The van der Waals surface area contributed by atoms with Crippen LogP contribution in [0.15, 0.2) is 24.3 Å². The summed E-state index contributed by atoms with van der Waals surface area (Å²) >= 11 is 0. The maximum atomic E-state index is 12.6. The standard InChI is InChI=1S/C9H10F3N3/c10-9(11,12)8(14-15-8)7-3-1-6(5-13)2-4-7/h1-4,14-15H,5,13H2. The normalized spacial score (nSPS) is 18.9. The molecule has 15 heavy (non-hydrogen) atoms. The number of hydrogen-bond acceptors (Lipinski definition) is 3. The second-order valence-corrected chi connectivity index (χ2v) is 3.40. The molecule has 0 saturated carbocycles. The fraction of sp³-hybridized carbons (Fsp3) is 0.333. The van der Waals surface area contributed by atoms with E-state index in [1.54, 1.807) is 12.1 Å². The summed E-state index contributed by atoms with van der Waals surface area (Å²) in [5.41, 5.74) is 8.51. The average Bonchev–Trinajstić information content (AvgIpc) is 2.98. The van der Waals surface area contributed by atoms with E-state index in [4.69, 9.17) is 5.73 Å². The molecule has 0 unspecified atom stereocenters. The zero-order valence-corrected chi connectivity index (χ0v) is 7.73. The number of hydrogen-bond donors (Lipinski definition) is 3. The second-order valence-electron chi connectivity index (χ2n) is 3.40. The molecule has 1 aromatic rings. The summed E-state index contributed by atoms with van der Waals surface area (Å²) in [6.07, 6.45) is -4.35. The zero-order chi connectivity index (χ0) is 11.1. The van der Waals surface area contributed by atoms with E-state index < -0.39 is 11.8 Å². The van der Waals surface area contributed by atoms with E-state index in [1.807, 2.05) is 0 Å². The van der Waals surface area contributed by atoms with E-state index in [0.29, 0.717) is 6.54 Å². The monoisotopic (exact) mass is 217 g/mol. The average molecular weight is 217 g/mol. The van der Waals surface area contributed by atoms with Crippen LogP contribution >= 0.6 is 0 Å². The van der Waals surface area contributed by atoms with Crippen molar-refractivity contribution in [2.75, 3.05) is 0 Å². The highest BCUT2D eigenvalue weighted by Crippen LogP contribution is 2.41. The molecule has 0 aromatic heterocycles. The van der Waals surface area contributed by atoms with E-state index >= 15 is 0 Å². The van der Waals surface area contributed by atoms with Crippen molar-refractivity contribution in [3.8, 4) is 0 Å². The van der Waals surface area contributed by atoms with Crippen LogP contribution in [0.2, 0.25) is 0 Å². The molecule has 1 aromatic carbocycles. The lowest BCUT2D eigenvalue weighted by atomic mass is 10.0. The molecule has 0 spiro atoms. The van der Waals surface area contributed by atoms with Gasteiger partial charge in [-0.2, -0.15) is 13.2 Å². The van der Waals surface area contributed by atoms with Gasteiger partial charge >= 0.3 is 6.18 Å². The number of halogens is 3. The van der Waals surface area contributed by atoms with Gasteiger partial charge < -0.3 is 5.73 Å². The first-order valence-corrected chi connectivity index (χ1v) is 4.40. The highest BCUT2D eigenvalue weighted by Gasteiger charge is 2.65. The molecule has 1 saturated heterocycles. The van der Waals surface area contributed by atoms with Crippen LogP contribution < -0.4 is 16.6 Å². The summed E-state index contributed by atoms with van der Waals surface area (Å²) in [4.78, 5) is 0. The first kappa shape index (κ1) is 10.4. The molecule has 0 amide bonds. The molecule has 0 radical (unpaired) electrons. The quantitative estimate of drug-likeness (QED) is 0.646. The van der Waals surface area contributed by atoms with Gasteiger partial charge in [-0.25, -0.2) is 10.9 Å². The molecule has 1 fully saturated rings. The van der Waals surface area contributed by atoms with Crippen LogP contribution in [0.1, 0.15) is 11.1 Å². The first-order chi connectivity index (χ1) is 6.99. The summed E-state index contributed by atoms with van der Waals surface area (Å²) in [6.45, 7) is 0.320. The van der Waals surface area contributed by atoms with E-state index in [-0.39, 0.29) is 5.56 Å². The number of rotatable bonds is 2. The predicted octanol–water partition coefficient (Wildman–Crippen LogP) is 0.968. The molecular formula is C9H10F3N3. The number of nitrogens with two attached hydrogens (primary N) is 1. The van der Waals surface area contributed by atoms with Crippen LogP contribution in [0.4, 0.5) is 13.2 Å². The van der Waals surface area contributed by atoms with E-state index in [9.17, 15) is 13.2 Å². The van der Waals surface area contributed by atoms with Crippen LogP contribution in [-0.4, -0.2) is 6.18 Å². The molecule has 0 atom stereocenters. The largest absolute Gasteiger partial charge is 0.426 e. The van der Waals surface area contributed by atoms with Crippen molar-refractivity contribution in [1.82, 2.24) is 10.9 Å². The minimum Gasteiger partial charge on any atom is -0.326 e. The number of benzene rings is 1. The van der Waals surface area contributed by atoms with Gasteiger partial charge in [0.05, 0.1) is 0 Å². The molecule has 0 aliphatic carbocycles. The molecule has 2 rings (SSSR count). The van der Waals surface area contributed by atoms with Gasteiger partial charge in [0.2, 0.25) is 5.66 Å². The van der Waals surface area contributed by atoms with Crippen molar-refractivity contribution in [3.05, 3.63) is 35.4 Å². The lowest BCUT2D eigenvalue weighted by Gasteiger charge is -2.16. The number of nitrogens with one attached hydrogen (secondary N) is 2. The van der Waals surface area contributed by atoms with Crippen molar-refractivity contribution < 1.29 is 13.2 Å². The Morgan fingerprint density at radius 2 is 1.67 bits per heavy atom. The van der Waals surface area contributed by atoms with Crippen molar-refractivity contribution in [2.24, 2.45) is 5.73 Å². The third-order valence-corrected chi connectivity index (χ3v) is 2.42. The maximum Gasteiger partial charge on any atom is 0.426 e. The SMILES string of the molecule is NCc1ccc(C2(C(F)(F)F)NN2)cc1. The lowest BCUT2D eigenvalue weighted by Crippen LogP contribution is -2.34. The Kier molecular flexibility index (Phi) is 2.22. The van der Waals surface area contributed by atoms with Crippen molar-refractivity contribution >= 4 is 0 Å². The van der Waals surface area contributed by atoms with Gasteiger partial charge in [0.1, 0.15) is 0 Å². The molecule has 1 aliphatic rings. The van der Waals surface area contributed by atoms with Crippen LogP contribution in [-0.2, 0) is 12.2 Å². The van der Waals surface area contributed by atoms with Gasteiger partial charge in [-0.15, -0.1) is 0 Å². The van der Waals surface area contributed by atoms with Crippen LogP contribution in [0, 0.1) is 0 Å². The number of alkyl halides is 3. The molecular weight excluding hydrogens is 207 g/mol. The third-order valence-electron chi connectivity index (χ3n) is 2.42. The van der Waals surface area contributed by atoms with Crippen LogP contribution in [0.5, 0.6) is 0 Å². The van der Waals surface area contributed by atoms with Gasteiger partial charge in [-0.05, 0) is 11.1 Å². The molecule has 6 heteroatoms. The maximum absolute atomic E-state index is 12.6. The zero-order valence-electron chi connectivity index (χ0n) is 7.73. The topological polar surface area (TPSA) is 69.9 Å². The summed E-state index contributed by atoms with van der Waals surface area (Å²) in [6, 6.07) is 6.01. The highest BCUT2D eigenvalue weighted by molar-refractivity contribution is 5.32. The fourth-order valence-electron chi connectivity index (χ4n) is 1.40. The smallest absolute Gasteiger partial charge is 0.326 e. The van der Waals surface area contributed by atoms with Gasteiger partial charge in [0.25, 0.3) is 0 Å². The summed E-state index contributed by atoms with van der Waals surface area (Å²) in [7, 11) is 0. The Labute approximate surface area is 84.4 Å². The van der Waals surface area contributed by atoms with Gasteiger partial charge in [0, 0.05) is 6.54 Å². The molecule has 4 N–H and O–H groups in total. The van der Waals surface area contributed by atoms with Gasteiger partial charge in [0.15, 0.2) is 0 Å². The molecule has 82 valence electrons. The Hall–Kier alpha value is -1.11. The van der Waals surface area contributed by atoms with E-state index in [1.165, 1.54) is 12.1 Å². The Bertz CT molecular complexity index is 354. The van der Waals surface area contributed by atoms with E-state index in [0.717, 1.165) is 5.56 Å². The molecule has 3 nitrogen and oxygen atoms in total. The summed E-state index contributed by atoms with van der Waals surface area (Å²) in [5.74, 6) is 0. The van der Waals surface area contributed by atoms with Crippen LogP contribution in [0.3, 0.4) is 0 Å². The van der Waals surface area contributed by atoms with Crippen molar-refractivity contribution in [1.29, 1.82) is 0 Å². The van der Waals surface area contributed by atoms with Crippen molar-refractivity contribution in [3.63, 3.8) is 0 Å². The van der Waals surface area contributed by atoms with Gasteiger partial charge in [-0.1, -0.05) is 24.3 Å². The van der Waals surface area contributed by atoms with Crippen LogP contribution in [0.25, 0.3) is 0 Å². The lowest BCUT2D eigenvalue weighted by molar-refractivity contribution is -0.165. The fourth-order valence-corrected chi connectivity index (χ4v) is 1.40. The minimum absolute atomic E-state index is 0.146. The highest BCUT2D eigenvalue weighted by atomic mass is 19.4. The predicted molar refractivity (Wildman–Crippen MR) is 48.3 cm³/mol. The second kappa shape index (κ2) is 3.19. The number of hydrazine groups is 1. The minimum atomic E-state index is -4.35.